The topological polar surface area (TPSA) is 67.8 Å². The van der Waals surface area contributed by atoms with Crippen LogP contribution in [0.15, 0.2) is 12.1 Å². The number of carbonyl (C=O) groups excluding carboxylic acids is 1. The van der Waals surface area contributed by atoms with Crippen LogP contribution in [0.4, 0.5) is 0 Å². The van der Waals surface area contributed by atoms with E-state index in [0.717, 1.165) is 6.42 Å². The number of phenols is 1. The van der Waals surface area contributed by atoms with E-state index in [4.69, 9.17) is 9.47 Å². The van der Waals surface area contributed by atoms with Crippen molar-refractivity contribution in [1.29, 1.82) is 0 Å². The molecule has 1 aromatic rings. The Hall–Kier alpha value is -1.75. The second-order valence-electron chi connectivity index (χ2n) is 3.79. The lowest BCUT2D eigenvalue weighted by molar-refractivity contribution is 0.0987. The van der Waals surface area contributed by atoms with Gasteiger partial charge in [0, 0.05) is 6.42 Å². The van der Waals surface area contributed by atoms with Crippen molar-refractivity contribution >= 4 is 5.78 Å². The highest BCUT2D eigenvalue weighted by Gasteiger charge is 2.22. The summed E-state index contributed by atoms with van der Waals surface area (Å²) in [4.78, 5) is 11.9. The summed E-state index contributed by atoms with van der Waals surface area (Å²) in [5.74, 6) is 0.573. The Kier molecular flexibility index (Phi) is 3.49. The van der Waals surface area contributed by atoms with Crippen molar-refractivity contribution in [2.45, 2.75) is 6.42 Å². The summed E-state index contributed by atoms with van der Waals surface area (Å²) in [5.41, 5.74) is 0.193. The van der Waals surface area contributed by atoms with E-state index < -0.39 is 0 Å². The lowest BCUT2D eigenvalue weighted by Gasteiger charge is -2.13. The van der Waals surface area contributed by atoms with Crippen molar-refractivity contribution < 1.29 is 19.4 Å². The molecule has 0 atom stereocenters. The van der Waals surface area contributed by atoms with Crippen LogP contribution in [0.5, 0.6) is 17.2 Å². The van der Waals surface area contributed by atoms with Gasteiger partial charge in [-0.2, -0.15) is 0 Å². The quantitative estimate of drug-likeness (QED) is 0.766. The summed E-state index contributed by atoms with van der Waals surface area (Å²) in [7, 11) is 1.67. The van der Waals surface area contributed by atoms with Crippen LogP contribution in [-0.2, 0) is 0 Å². The Morgan fingerprint density at radius 3 is 2.94 bits per heavy atom. The van der Waals surface area contributed by atoms with Gasteiger partial charge in [-0.05, 0) is 19.2 Å². The van der Waals surface area contributed by atoms with Crippen molar-refractivity contribution in [3.63, 3.8) is 0 Å². The average Bonchev–Trinajstić information content (AvgIpc) is 2.54. The lowest BCUT2D eigenvalue weighted by atomic mass is 10.1. The predicted octanol–water partition coefficient (Wildman–Crippen LogP) is 0.956. The number of phenolic OH excluding ortho intramolecular Hbond substituents is 1. The van der Waals surface area contributed by atoms with E-state index >= 15 is 0 Å². The number of likely N-dealkylation sites (N-methyl/N-ethyl adjacent to an activating group) is 1. The van der Waals surface area contributed by atoms with Gasteiger partial charge < -0.3 is 19.9 Å². The van der Waals surface area contributed by atoms with E-state index in [0.29, 0.717) is 24.7 Å². The zero-order valence-corrected chi connectivity index (χ0v) is 9.66. The molecular weight excluding hydrogens is 222 g/mol. The van der Waals surface area contributed by atoms with Gasteiger partial charge in [0.25, 0.3) is 0 Å². The van der Waals surface area contributed by atoms with Gasteiger partial charge in [0.05, 0.1) is 19.8 Å². The summed E-state index contributed by atoms with van der Waals surface area (Å²) in [6.07, 6.45) is 0.759. The minimum atomic E-state index is -0.215. The Balaban J connectivity index is 2.45. The van der Waals surface area contributed by atoms with Gasteiger partial charge in [0.2, 0.25) is 0 Å². The molecule has 0 spiro atoms. The van der Waals surface area contributed by atoms with Crippen LogP contribution in [0.2, 0.25) is 0 Å². The van der Waals surface area contributed by atoms with Crippen molar-refractivity contribution in [3.8, 4) is 17.2 Å². The summed E-state index contributed by atoms with van der Waals surface area (Å²) in [6.45, 7) is 1.18. The maximum Gasteiger partial charge on any atom is 0.184 e. The van der Waals surface area contributed by atoms with E-state index in [2.05, 4.69) is 5.32 Å². The number of Topliss-reactive ketones (excluding diaryl/α,β-unsaturated/α-hetero) is 1. The van der Waals surface area contributed by atoms with Crippen LogP contribution in [0.3, 0.4) is 0 Å². The number of rotatable bonds is 3. The van der Waals surface area contributed by atoms with E-state index in [1.807, 2.05) is 0 Å². The third-order valence-electron chi connectivity index (χ3n) is 2.51. The number of ether oxygens (including phenoxy) is 2. The molecule has 1 aliphatic heterocycles. The molecule has 1 heterocycles. The molecule has 0 saturated carbocycles. The third kappa shape index (κ3) is 2.34. The van der Waals surface area contributed by atoms with E-state index in [-0.39, 0.29) is 23.6 Å². The molecule has 2 rings (SSSR count). The number of aromatic hydroxyl groups is 1. The summed E-state index contributed by atoms with van der Waals surface area (Å²) >= 11 is 0. The highest BCUT2D eigenvalue weighted by Crippen LogP contribution is 2.38. The molecule has 17 heavy (non-hydrogen) atoms. The number of fused-ring (bicyclic) bond motifs is 1. The Morgan fingerprint density at radius 2 is 2.18 bits per heavy atom. The molecular formula is C12H15NO4. The molecule has 0 unspecified atom stereocenters. The number of hydrogen-bond acceptors (Lipinski definition) is 5. The molecule has 0 aromatic heterocycles. The molecule has 0 fully saturated rings. The van der Waals surface area contributed by atoms with Crippen LogP contribution >= 0.6 is 0 Å². The predicted molar refractivity (Wildman–Crippen MR) is 62.0 cm³/mol. The second kappa shape index (κ2) is 5.05. The molecule has 1 aliphatic rings. The summed E-state index contributed by atoms with van der Waals surface area (Å²) in [5, 5.41) is 12.5. The standard InChI is InChI=1S/C12H15NO4/c1-13-7-9(15)11-8(14)3-4-10-12(11)17-6-2-5-16-10/h3-4,13-14H,2,5-7H2,1H3. The molecule has 5 nitrogen and oxygen atoms in total. The zero-order chi connectivity index (χ0) is 12.3. The van der Waals surface area contributed by atoms with Gasteiger partial charge in [-0.25, -0.2) is 0 Å². The minimum absolute atomic E-state index is 0.0745. The molecule has 0 saturated heterocycles. The first kappa shape index (κ1) is 11.7. The largest absolute Gasteiger partial charge is 0.507 e. The average molecular weight is 237 g/mol. The number of nitrogens with one attached hydrogen (secondary N) is 1. The fourth-order valence-corrected chi connectivity index (χ4v) is 1.74. The second-order valence-corrected chi connectivity index (χ2v) is 3.79. The maximum absolute atomic E-state index is 11.9. The van der Waals surface area contributed by atoms with Gasteiger partial charge >= 0.3 is 0 Å². The monoisotopic (exact) mass is 237 g/mol. The van der Waals surface area contributed by atoms with Crippen LogP contribution in [0, 0.1) is 0 Å². The molecule has 5 heteroatoms. The molecule has 92 valence electrons. The van der Waals surface area contributed by atoms with E-state index in [1.54, 1.807) is 13.1 Å². The first-order chi connectivity index (χ1) is 8.24. The lowest BCUT2D eigenvalue weighted by Crippen LogP contribution is -2.19. The number of ketones is 1. The van der Waals surface area contributed by atoms with Gasteiger partial charge in [-0.1, -0.05) is 0 Å². The smallest absolute Gasteiger partial charge is 0.184 e. The number of benzene rings is 1. The number of carbonyl (C=O) groups is 1. The van der Waals surface area contributed by atoms with Crippen molar-refractivity contribution in [2.24, 2.45) is 0 Å². The minimum Gasteiger partial charge on any atom is -0.507 e. The van der Waals surface area contributed by atoms with Crippen LogP contribution in [0.1, 0.15) is 16.8 Å². The van der Waals surface area contributed by atoms with Gasteiger partial charge in [0.15, 0.2) is 17.3 Å². The number of hydrogen-bond donors (Lipinski definition) is 2. The molecule has 0 aliphatic carbocycles. The first-order valence-electron chi connectivity index (χ1n) is 5.53. The Morgan fingerprint density at radius 1 is 1.41 bits per heavy atom. The Labute approximate surface area is 99.3 Å². The van der Waals surface area contributed by atoms with Gasteiger partial charge in [0.1, 0.15) is 11.3 Å². The zero-order valence-electron chi connectivity index (χ0n) is 9.66. The fourth-order valence-electron chi connectivity index (χ4n) is 1.74. The van der Waals surface area contributed by atoms with Crippen LogP contribution < -0.4 is 14.8 Å². The van der Waals surface area contributed by atoms with Crippen molar-refractivity contribution in [3.05, 3.63) is 17.7 Å². The normalized spacial score (nSPS) is 14.2. The highest BCUT2D eigenvalue weighted by molar-refractivity contribution is 6.03. The Bertz CT molecular complexity index is 431. The summed E-state index contributed by atoms with van der Waals surface area (Å²) in [6, 6.07) is 3.07. The van der Waals surface area contributed by atoms with Crippen molar-refractivity contribution in [2.75, 3.05) is 26.8 Å². The SMILES string of the molecule is CNCC(=O)c1c(O)ccc2c1OCCCO2. The maximum atomic E-state index is 11.9. The molecule has 0 amide bonds. The molecule has 1 aromatic carbocycles. The van der Waals surface area contributed by atoms with Crippen LogP contribution in [0.25, 0.3) is 0 Å². The molecule has 0 bridgehead atoms. The third-order valence-corrected chi connectivity index (χ3v) is 2.51. The van der Waals surface area contributed by atoms with Crippen LogP contribution in [-0.4, -0.2) is 37.7 Å². The van der Waals surface area contributed by atoms with Crippen molar-refractivity contribution in [1.82, 2.24) is 5.32 Å². The summed E-state index contributed by atoms with van der Waals surface area (Å²) < 4.78 is 11.0. The molecule has 0 radical (unpaired) electrons. The van der Waals surface area contributed by atoms with Gasteiger partial charge in [-0.15, -0.1) is 0 Å². The molecule has 2 N–H and O–H groups in total. The van der Waals surface area contributed by atoms with E-state index in [9.17, 15) is 9.90 Å². The van der Waals surface area contributed by atoms with Gasteiger partial charge in [-0.3, -0.25) is 4.79 Å². The highest BCUT2D eigenvalue weighted by atomic mass is 16.5. The fraction of sp³-hybridized carbons (Fsp3) is 0.417. The first-order valence-corrected chi connectivity index (χ1v) is 5.53. The van der Waals surface area contributed by atoms with E-state index in [1.165, 1.54) is 6.07 Å².